The Labute approximate surface area is 148 Å². The van der Waals surface area contributed by atoms with Crippen LogP contribution in [0.25, 0.3) is 0 Å². The van der Waals surface area contributed by atoms with Gasteiger partial charge in [0.25, 0.3) is 5.91 Å². The van der Waals surface area contributed by atoms with E-state index in [0.29, 0.717) is 0 Å². The van der Waals surface area contributed by atoms with Gasteiger partial charge in [0.05, 0.1) is 13.0 Å². The van der Waals surface area contributed by atoms with E-state index in [4.69, 9.17) is 16.7 Å². The first-order valence-corrected chi connectivity index (χ1v) is 7.14. The van der Waals surface area contributed by atoms with Crippen molar-refractivity contribution in [2.75, 3.05) is 10.6 Å². The standard InChI is InChI=1S/C16H27N5O2/c1-9-5-6-10(7-12(9)22)19-14-11(13(17)23)8-18-15(20-14)21-16(2,3)4/h8-10,12,22H,5-7H2,1-4H3,(H2,17,23)(H2,18,19,20,21)/i1D3,6D2,7D2,10D. The van der Waals surface area contributed by atoms with E-state index < -0.39 is 61.3 Å². The predicted octanol–water partition coefficient (Wildman–Crippen LogP) is 1.75. The molecule has 7 heteroatoms. The van der Waals surface area contributed by atoms with Gasteiger partial charge in [0.15, 0.2) is 0 Å². The SMILES string of the molecule is [2H]C([2H])([2H])C1CC([2H])([2H])C([2H])(Nc2nc(NC(C)(C)C)ncc2C(N)=O)C([2H])([2H])C1O. The molecule has 1 amide bonds. The molecule has 0 radical (unpaired) electrons. The van der Waals surface area contributed by atoms with Gasteiger partial charge in [0.1, 0.15) is 5.82 Å². The number of carbonyl (C=O) groups excluding carboxylic acids is 1. The second-order valence-corrected chi connectivity index (χ2v) is 6.27. The van der Waals surface area contributed by atoms with Crippen molar-refractivity contribution >= 4 is 17.7 Å². The van der Waals surface area contributed by atoms with Crippen LogP contribution in [0.1, 0.15) is 68.1 Å². The van der Waals surface area contributed by atoms with Crippen molar-refractivity contribution in [1.29, 1.82) is 0 Å². The van der Waals surface area contributed by atoms with Gasteiger partial charge in [0, 0.05) is 27.3 Å². The van der Waals surface area contributed by atoms with Gasteiger partial charge in [-0.3, -0.25) is 4.79 Å². The van der Waals surface area contributed by atoms with E-state index in [9.17, 15) is 9.90 Å². The number of nitrogens with one attached hydrogen (secondary N) is 2. The van der Waals surface area contributed by atoms with Gasteiger partial charge in [-0.1, -0.05) is 6.85 Å². The Morgan fingerprint density at radius 2 is 2.35 bits per heavy atom. The van der Waals surface area contributed by atoms with Crippen LogP contribution in [0.5, 0.6) is 0 Å². The second-order valence-electron chi connectivity index (χ2n) is 6.27. The van der Waals surface area contributed by atoms with Gasteiger partial charge in [0.2, 0.25) is 5.95 Å². The van der Waals surface area contributed by atoms with Crippen LogP contribution in [0.2, 0.25) is 0 Å². The number of nitrogens with zero attached hydrogens (tertiary/aromatic N) is 2. The molecule has 128 valence electrons. The molecule has 23 heavy (non-hydrogen) atoms. The van der Waals surface area contributed by atoms with Crippen LogP contribution < -0.4 is 16.4 Å². The maximum Gasteiger partial charge on any atom is 0.254 e. The normalized spacial score (nSPS) is 38.3. The number of anilines is 2. The van der Waals surface area contributed by atoms with Crippen LogP contribution in [-0.2, 0) is 0 Å². The number of aliphatic hydroxyl groups is 1. The van der Waals surface area contributed by atoms with Gasteiger partial charge in [-0.05, 0) is 45.9 Å². The first-order valence-electron chi connectivity index (χ1n) is 11.1. The number of carbonyl (C=O) groups is 1. The summed E-state index contributed by atoms with van der Waals surface area (Å²) in [5, 5.41) is 15.7. The number of hydrogen-bond acceptors (Lipinski definition) is 6. The minimum Gasteiger partial charge on any atom is -0.393 e. The number of primary amides is 1. The van der Waals surface area contributed by atoms with Crippen molar-refractivity contribution < 1.29 is 20.9 Å². The fourth-order valence-electron chi connectivity index (χ4n) is 1.87. The van der Waals surface area contributed by atoms with Gasteiger partial charge in [-0.25, -0.2) is 4.98 Å². The Morgan fingerprint density at radius 1 is 1.61 bits per heavy atom. The summed E-state index contributed by atoms with van der Waals surface area (Å²) in [6.45, 7) is 2.57. The van der Waals surface area contributed by atoms with Gasteiger partial charge >= 0.3 is 0 Å². The lowest BCUT2D eigenvalue weighted by Gasteiger charge is -2.32. The van der Waals surface area contributed by atoms with Crippen molar-refractivity contribution in [3.05, 3.63) is 11.8 Å². The fraction of sp³-hybridized carbons (Fsp3) is 0.688. The third-order valence-corrected chi connectivity index (χ3v) is 2.96. The highest BCUT2D eigenvalue weighted by Crippen LogP contribution is 2.27. The minimum atomic E-state index is -3.09. The molecule has 1 heterocycles. The van der Waals surface area contributed by atoms with Gasteiger partial charge in [-0.15, -0.1) is 0 Å². The third-order valence-electron chi connectivity index (χ3n) is 2.96. The molecule has 0 saturated heterocycles. The zero-order chi connectivity index (χ0) is 24.2. The first-order chi connectivity index (χ1) is 13.7. The van der Waals surface area contributed by atoms with Crippen LogP contribution in [0.4, 0.5) is 11.8 Å². The van der Waals surface area contributed by atoms with E-state index in [1.807, 2.05) is 0 Å². The van der Waals surface area contributed by atoms with Gasteiger partial charge in [-0.2, -0.15) is 4.98 Å². The maximum atomic E-state index is 11.8. The summed E-state index contributed by atoms with van der Waals surface area (Å²) < 4.78 is 64.4. The lowest BCUT2D eigenvalue weighted by Crippen LogP contribution is -2.36. The molecule has 7 nitrogen and oxygen atoms in total. The Bertz CT molecular complexity index is 857. The van der Waals surface area contributed by atoms with E-state index in [2.05, 4.69) is 20.6 Å². The Hall–Kier alpha value is -1.89. The molecule has 1 aromatic heterocycles. The van der Waals surface area contributed by atoms with Crippen LogP contribution in [0, 0.1) is 5.92 Å². The zero-order valence-electron chi connectivity index (χ0n) is 21.3. The highest BCUT2D eigenvalue weighted by molar-refractivity contribution is 5.97. The summed E-state index contributed by atoms with van der Waals surface area (Å²) in [5.74, 6) is -3.17. The molecule has 0 aliphatic heterocycles. The molecule has 1 saturated carbocycles. The summed E-state index contributed by atoms with van der Waals surface area (Å²) in [5.41, 5.74) is 4.50. The molecule has 0 spiro atoms. The van der Waals surface area contributed by atoms with Crippen LogP contribution in [0.15, 0.2) is 6.20 Å². The summed E-state index contributed by atoms with van der Waals surface area (Å²) in [4.78, 5) is 19.9. The highest BCUT2D eigenvalue weighted by Gasteiger charge is 2.27. The number of amides is 1. The summed E-state index contributed by atoms with van der Waals surface area (Å²) >= 11 is 0. The molecule has 5 N–H and O–H groups in total. The Balaban J connectivity index is 2.59. The molecule has 1 aliphatic rings. The maximum absolute atomic E-state index is 11.8. The molecular formula is C16H27N5O2. The number of aromatic nitrogens is 2. The third kappa shape index (κ3) is 4.79. The molecule has 0 aromatic carbocycles. The van der Waals surface area contributed by atoms with E-state index in [1.165, 1.54) is 0 Å². The largest absolute Gasteiger partial charge is 0.393 e. The zero-order valence-corrected chi connectivity index (χ0v) is 13.3. The first kappa shape index (κ1) is 9.42. The van der Waals surface area contributed by atoms with E-state index in [0.717, 1.165) is 6.20 Å². The van der Waals surface area contributed by atoms with Crippen molar-refractivity contribution in [1.82, 2.24) is 9.97 Å². The van der Waals surface area contributed by atoms with Crippen molar-refractivity contribution in [2.45, 2.75) is 64.5 Å². The van der Waals surface area contributed by atoms with Gasteiger partial charge < -0.3 is 21.5 Å². The average molecular weight is 329 g/mol. The number of aliphatic hydroxyl groups excluding tert-OH is 1. The molecule has 1 aliphatic carbocycles. The van der Waals surface area contributed by atoms with Crippen molar-refractivity contribution in [3.8, 4) is 0 Å². The quantitative estimate of drug-likeness (QED) is 0.669. The fourth-order valence-corrected chi connectivity index (χ4v) is 1.87. The monoisotopic (exact) mass is 329 g/mol. The topological polar surface area (TPSA) is 113 Å². The molecular weight excluding hydrogens is 294 g/mol. The van der Waals surface area contributed by atoms with Crippen molar-refractivity contribution in [3.63, 3.8) is 0 Å². The summed E-state index contributed by atoms with van der Waals surface area (Å²) in [6, 6.07) is -2.92. The summed E-state index contributed by atoms with van der Waals surface area (Å²) in [6.07, 6.45) is -7.85. The molecule has 3 atom stereocenters. The van der Waals surface area contributed by atoms with Crippen LogP contribution >= 0.6 is 0 Å². The van der Waals surface area contributed by atoms with Crippen molar-refractivity contribution in [2.24, 2.45) is 11.7 Å². The van der Waals surface area contributed by atoms with Crippen LogP contribution in [0.3, 0.4) is 0 Å². The lowest BCUT2D eigenvalue weighted by molar-refractivity contribution is 0.0739. The lowest BCUT2D eigenvalue weighted by atomic mass is 9.85. The molecule has 2 rings (SSSR count). The molecule has 0 bridgehead atoms. The highest BCUT2D eigenvalue weighted by atomic mass is 16.3. The molecule has 1 aromatic rings. The minimum absolute atomic E-state index is 0.00134. The second kappa shape index (κ2) is 6.70. The van der Waals surface area contributed by atoms with E-state index >= 15 is 0 Å². The molecule has 3 unspecified atom stereocenters. The number of rotatable bonds is 4. The molecule has 1 fully saturated rings. The number of hydrogen-bond donors (Lipinski definition) is 4. The Morgan fingerprint density at radius 3 is 2.96 bits per heavy atom. The number of nitrogens with two attached hydrogens (primary N) is 1. The average Bonchev–Trinajstić information content (AvgIpc) is 2.55. The smallest absolute Gasteiger partial charge is 0.254 e. The van der Waals surface area contributed by atoms with E-state index in [1.54, 1.807) is 20.8 Å². The van der Waals surface area contributed by atoms with E-state index in [-0.39, 0.29) is 11.5 Å². The van der Waals surface area contributed by atoms with Crippen LogP contribution in [-0.4, -0.2) is 38.6 Å². The predicted molar refractivity (Wildman–Crippen MR) is 90.4 cm³/mol. The Kier molecular flexibility index (Phi) is 2.74. The summed E-state index contributed by atoms with van der Waals surface area (Å²) in [7, 11) is 0.